The Bertz CT molecular complexity index is 647. The molecule has 1 aromatic rings. The molecular formula is C16H17N3O2S. The lowest BCUT2D eigenvalue weighted by Crippen LogP contribution is -2.49. The maximum absolute atomic E-state index is 12.0. The van der Waals surface area contributed by atoms with Crippen LogP contribution in [0.15, 0.2) is 40.2 Å². The van der Waals surface area contributed by atoms with Gasteiger partial charge in [0.15, 0.2) is 5.17 Å². The van der Waals surface area contributed by atoms with Crippen molar-refractivity contribution in [1.29, 1.82) is 0 Å². The largest absolute Gasteiger partial charge is 0.347 e. The van der Waals surface area contributed by atoms with E-state index < -0.39 is 0 Å². The first-order chi connectivity index (χ1) is 10.6. The number of amides is 2. The molecule has 0 unspecified atom stereocenters. The SMILES string of the molecule is CC(=O)N1CCN(C2=NC(=O)C(=Cc3ccccc3)S2)CC1. The summed E-state index contributed by atoms with van der Waals surface area (Å²) >= 11 is 1.41. The van der Waals surface area contributed by atoms with Gasteiger partial charge in [-0.05, 0) is 23.4 Å². The molecule has 0 N–H and O–H groups in total. The van der Waals surface area contributed by atoms with E-state index in [0.717, 1.165) is 23.8 Å². The van der Waals surface area contributed by atoms with Crippen LogP contribution in [0, 0.1) is 0 Å². The van der Waals surface area contributed by atoms with E-state index in [1.165, 1.54) is 11.8 Å². The van der Waals surface area contributed by atoms with Crippen LogP contribution >= 0.6 is 11.8 Å². The fourth-order valence-corrected chi connectivity index (χ4v) is 3.41. The first-order valence-corrected chi connectivity index (χ1v) is 8.03. The van der Waals surface area contributed by atoms with Crippen LogP contribution in [0.3, 0.4) is 0 Å². The smallest absolute Gasteiger partial charge is 0.286 e. The third kappa shape index (κ3) is 3.22. The number of thioether (sulfide) groups is 1. The summed E-state index contributed by atoms with van der Waals surface area (Å²) in [5.41, 5.74) is 0.996. The quantitative estimate of drug-likeness (QED) is 0.742. The average Bonchev–Trinajstić information content (AvgIpc) is 2.89. The first kappa shape index (κ1) is 14.8. The molecule has 1 aromatic carbocycles. The number of carbonyl (C=O) groups is 2. The second kappa shape index (κ2) is 6.36. The first-order valence-electron chi connectivity index (χ1n) is 7.21. The standard InChI is InChI=1S/C16H17N3O2S/c1-12(20)18-7-9-19(10-8-18)16-17-15(21)14(22-16)11-13-5-3-2-4-6-13/h2-6,11H,7-10H2,1H3. The van der Waals surface area contributed by atoms with Crippen LogP contribution in [-0.2, 0) is 9.59 Å². The molecule has 5 nitrogen and oxygen atoms in total. The highest BCUT2D eigenvalue weighted by Crippen LogP contribution is 2.30. The van der Waals surface area contributed by atoms with Gasteiger partial charge in [0.1, 0.15) is 0 Å². The van der Waals surface area contributed by atoms with Gasteiger partial charge in [-0.15, -0.1) is 0 Å². The molecule has 0 spiro atoms. The summed E-state index contributed by atoms with van der Waals surface area (Å²) in [6.45, 7) is 4.39. The lowest BCUT2D eigenvalue weighted by molar-refractivity contribution is -0.130. The lowest BCUT2D eigenvalue weighted by atomic mass is 10.2. The Hall–Kier alpha value is -2.08. The van der Waals surface area contributed by atoms with E-state index in [1.807, 2.05) is 41.3 Å². The molecule has 2 aliphatic rings. The van der Waals surface area contributed by atoms with E-state index in [2.05, 4.69) is 9.89 Å². The lowest BCUT2D eigenvalue weighted by Gasteiger charge is -2.34. The molecule has 0 aromatic heterocycles. The molecule has 0 aliphatic carbocycles. The normalized spacial score (nSPS) is 20.5. The van der Waals surface area contributed by atoms with Gasteiger partial charge in [-0.3, -0.25) is 9.59 Å². The molecule has 1 fully saturated rings. The van der Waals surface area contributed by atoms with Crippen LogP contribution in [0.2, 0.25) is 0 Å². The number of aliphatic imine (C=N–C) groups is 1. The maximum Gasteiger partial charge on any atom is 0.286 e. The molecule has 2 aliphatic heterocycles. The minimum Gasteiger partial charge on any atom is -0.347 e. The van der Waals surface area contributed by atoms with Crippen LogP contribution in [0.1, 0.15) is 12.5 Å². The van der Waals surface area contributed by atoms with E-state index in [4.69, 9.17) is 0 Å². The highest BCUT2D eigenvalue weighted by molar-refractivity contribution is 8.18. The Labute approximate surface area is 133 Å². The topological polar surface area (TPSA) is 53.0 Å². The molecule has 2 heterocycles. The molecular weight excluding hydrogens is 298 g/mol. The highest BCUT2D eigenvalue weighted by atomic mass is 32.2. The van der Waals surface area contributed by atoms with Gasteiger partial charge in [0.2, 0.25) is 5.91 Å². The second-order valence-corrected chi connectivity index (χ2v) is 6.22. The molecule has 0 saturated carbocycles. The third-order valence-electron chi connectivity index (χ3n) is 3.70. The predicted octanol–water partition coefficient (Wildman–Crippen LogP) is 1.82. The molecule has 0 bridgehead atoms. The van der Waals surface area contributed by atoms with Crippen LogP contribution in [0.25, 0.3) is 6.08 Å². The van der Waals surface area contributed by atoms with Crippen molar-refractivity contribution in [3.63, 3.8) is 0 Å². The van der Waals surface area contributed by atoms with Crippen molar-refractivity contribution in [3.8, 4) is 0 Å². The number of amidine groups is 1. The Kier molecular flexibility index (Phi) is 4.29. The summed E-state index contributed by atoms with van der Waals surface area (Å²) in [5, 5.41) is 0.746. The molecule has 6 heteroatoms. The molecule has 0 radical (unpaired) electrons. The predicted molar refractivity (Wildman–Crippen MR) is 88.3 cm³/mol. The number of rotatable bonds is 1. The van der Waals surface area contributed by atoms with Crippen molar-refractivity contribution >= 4 is 34.8 Å². The van der Waals surface area contributed by atoms with Crippen molar-refractivity contribution in [2.24, 2.45) is 4.99 Å². The minimum atomic E-state index is -0.183. The van der Waals surface area contributed by atoms with Gasteiger partial charge in [0, 0.05) is 33.1 Å². The summed E-state index contributed by atoms with van der Waals surface area (Å²) in [6, 6.07) is 9.76. The summed E-state index contributed by atoms with van der Waals surface area (Å²) in [4.78, 5) is 32.1. The highest BCUT2D eigenvalue weighted by Gasteiger charge is 2.28. The van der Waals surface area contributed by atoms with Gasteiger partial charge in [-0.2, -0.15) is 4.99 Å². The Morgan fingerprint density at radius 2 is 1.86 bits per heavy atom. The van der Waals surface area contributed by atoms with Gasteiger partial charge >= 0.3 is 0 Å². The van der Waals surface area contributed by atoms with Crippen molar-refractivity contribution < 1.29 is 9.59 Å². The number of benzene rings is 1. The molecule has 2 amide bonds. The Morgan fingerprint density at radius 3 is 2.50 bits per heavy atom. The Morgan fingerprint density at radius 1 is 1.18 bits per heavy atom. The fraction of sp³-hybridized carbons (Fsp3) is 0.312. The number of hydrogen-bond acceptors (Lipinski definition) is 4. The summed E-state index contributed by atoms with van der Waals surface area (Å²) in [5.74, 6) is -0.0840. The van der Waals surface area contributed by atoms with Crippen molar-refractivity contribution in [3.05, 3.63) is 40.8 Å². The molecule has 3 rings (SSSR count). The number of piperazine rings is 1. The zero-order valence-corrected chi connectivity index (χ0v) is 13.2. The van der Waals surface area contributed by atoms with E-state index in [0.29, 0.717) is 18.0 Å². The molecule has 22 heavy (non-hydrogen) atoms. The maximum atomic E-state index is 12.0. The van der Waals surface area contributed by atoms with Crippen molar-refractivity contribution in [1.82, 2.24) is 9.80 Å². The van der Waals surface area contributed by atoms with Crippen LogP contribution in [-0.4, -0.2) is 53.0 Å². The van der Waals surface area contributed by atoms with E-state index >= 15 is 0 Å². The number of carbonyl (C=O) groups excluding carboxylic acids is 2. The van der Waals surface area contributed by atoms with Gasteiger partial charge in [0.25, 0.3) is 5.91 Å². The second-order valence-electron chi connectivity index (χ2n) is 5.21. The van der Waals surface area contributed by atoms with Crippen molar-refractivity contribution in [2.45, 2.75) is 6.92 Å². The fourth-order valence-electron chi connectivity index (χ4n) is 2.45. The summed E-state index contributed by atoms with van der Waals surface area (Å²) in [7, 11) is 0. The van der Waals surface area contributed by atoms with Crippen molar-refractivity contribution in [2.75, 3.05) is 26.2 Å². The van der Waals surface area contributed by atoms with Crippen LogP contribution in [0.4, 0.5) is 0 Å². The zero-order chi connectivity index (χ0) is 15.5. The monoisotopic (exact) mass is 315 g/mol. The van der Waals surface area contributed by atoms with Crippen LogP contribution < -0.4 is 0 Å². The van der Waals surface area contributed by atoms with E-state index in [9.17, 15) is 9.59 Å². The minimum absolute atomic E-state index is 0.0985. The molecule has 114 valence electrons. The third-order valence-corrected chi connectivity index (χ3v) is 4.75. The average molecular weight is 315 g/mol. The summed E-state index contributed by atoms with van der Waals surface area (Å²) < 4.78 is 0. The van der Waals surface area contributed by atoms with Crippen LogP contribution in [0.5, 0.6) is 0 Å². The number of hydrogen-bond donors (Lipinski definition) is 0. The van der Waals surface area contributed by atoms with E-state index in [-0.39, 0.29) is 11.8 Å². The van der Waals surface area contributed by atoms with Gasteiger partial charge < -0.3 is 9.80 Å². The number of nitrogens with zero attached hydrogens (tertiary/aromatic N) is 3. The van der Waals surface area contributed by atoms with Gasteiger partial charge in [-0.25, -0.2) is 0 Å². The van der Waals surface area contributed by atoms with Gasteiger partial charge in [-0.1, -0.05) is 30.3 Å². The Balaban J connectivity index is 1.66. The zero-order valence-electron chi connectivity index (χ0n) is 12.4. The van der Waals surface area contributed by atoms with E-state index in [1.54, 1.807) is 6.92 Å². The summed E-state index contributed by atoms with van der Waals surface area (Å²) in [6.07, 6.45) is 1.87. The molecule has 1 saturated heterocycles. The molecule has 0 atom stereocenters. The van der Waals surface area contributed by atoms with Gasteiger partial charge in [0.05, 0.1) is 4.91 Å².